The highest BCUT2D eigenvalue weighted by molar-refractivity contribution is 5.88. The van der Waals surface area contributed by atoms with Gasteiger partial charge in [0.25, 0.3) is 0 Å². The molecule has 0 spiro atoms. The highest BCUT2D eigenvalue weighted by Crippen LogP contribution is 2.42. The zero-order chi connectivity index (χ0) is 14.6. The molecule has 2 N–H and O–H groups in total. The van der Waals surface area contributed by atoms with Crippen molar-refractivity contribution in [3.8, 4) is 0 Å². The van der Waals surface area contributed by atoms with Gasteiger partial charge in [0, 0.05) is 5.56 Å². The van der Waals surface area contributed by atoms with Gasteiger partial charge in [-0.1, -0.05) is 38.0 Å². The minimum absolute atomic E-state index is 0.0877. The number of hydrogen-bond acceptors (Lipinski definition) is 2. The number of carbonyl (C=O) groups is 1. The van der Waals surface area contributed by atoms with Crippen LogP contribution in [0.15, 0.2) is 24.3 Å². The molecule has 0 aromatic heterocycles. The van der Waals surface area contributed by atoms with E-state index in [-0.39, 0.29) is 24.4 Å². The van der Waals surface area contributed by atoms with Gasteiger partial charge in [-0.3, -0.25) is 4.79 Å². The average molecular weight is 279 g/mol. The Balaban J connectivity index is 2.31. The Morgan fingerprint density at radius 3 is 2.60 bits per heavy atom. The van der Waals surface area contributed by atoms with Crippen LogP contribution in [0.5, 0.6) is 0 Å². The van der Waals surface area contributed by atoms with Gasteiger partial charge in [-0.05, 0) is 25.3 Å². The van der Waals surface area contributed by atoms with Crippen LogP contribution in [0.25, 0.3) is 0 Å². The molecule has 3 nitrogen and oxygen atoms in total. The highest BCUT2D eigenvalue weighted by Gasteiger charge is 2.44. The standard InChI is InChI=1S/C16H22FNO2/c1-2-12(11-19)18-15(20)16(9-5-6-10-16)13-7-3-4-8-14(13)17/h3-4,7-8,12,19H,2,5-6,9-11H2,1H3,(H,18,20). The lowest BCUT2D eigenvalue weighted by Gasteiger charge is -2.30. The van der Waals surface area contributed by atoms with Crippen LogP contribution in [-0.2, 0) is 10.2 Å². The van der Waals surface area contributed by atoms with E-state index in [4.69, 9.17) is 0 Å². The van der Waals surface area contributed by atoms with Gasteiger partial charge in [-0.15, -0.1) is 0 Å². The van der Waals surface area contributed by atoms with E-state index in [1.54, 1.807) is 18.2 Å². The molecule has 2 rings (SSSR count). The molecule has 0 bridgehead atoms. The smallest absolute Gasteiger partial charge is 0.231 e. The van der Waals surface area contributed by atoms with Crippen LogP contribution in [0.1, 0.15) is 44.6 Å². The summed E-state index contributed by atoms with van der Waals surface area (Å²) in [5.41, 5.74) is -0.281. The maximum Gasteiger partial charge on any atom is 0.231 e. The summed E-state index contributed by atoms with van der Waals surface area (Å²) in [6.07, 6.45) is 3.86. The van der Waals surface area contributed by atoms with Crippen molar-refractivity contribution >= 4 is 5.91 Å². The summed E-state index contributed by atoms with van der Waals surface area (Å²) >= 11 is 0. The monoisotopic (exact) mass is 279 g/mol. The van der Waals surface area contributed by atoms with Gasteiger partial charge >= 0.3 is 0 Å². The molecule has 1 unspecified atom stereocenters. The first-order valence-electron chi connectivity index (χ1n) is 7.31. The van der Waals surface area contributed by atoms with E-state index in [1.807, 2.05) is 6.92 Å². The van der Waals surface area contributed by atoms with Crippen molar-refractivity contribution < 1.29 is 14.3 Å². The number of benzene rings is 1. The number of amides is 1. The van der Waals surface area contributed by atoms with Crippen molar-refractivity contribution in [2.24, 2.45) is 0 Å². The van der Waals surface area contributed by atoms with Gasteiger partial charge in [0.15, 0.2) is 0 Å². The molecule has 1 aromatic rings. The van der Waals surface area contributed by atoms with Gasteiger partial charge in [0.1, 0.15) is 5.82 Å². The molecule has 20 heavy (non-hydrogen) atoms. The Hall–Kier alpha value is -1.42. The van der Waals surface area contributed by atoms with Crippen molar-refractivity contribution in [1.29, 1.82) is 0 Å². The lowest BCUT2D eigenvalue weighted by atomic mass is 9.77. The third-order valence-electron chi connectivity index (χ3n) is 4.33. The van der Waals surface area contributed by atoms with Gasteiger partial charge in [0.05, 0.1) is 18.1 Å². The molecule has 0 radical (unpaired) electrons. The normalized spacial score (nSPS) is 18.8. The lowest BCUT2D eigenvalue weighted by molar-refractivity contribution is -0.127. The third kappa shape index (κ3) is 2.70. The number of nitrogens with one attached hydrogen (secondary N) is 1. The number of halogens is 1. The fourth-order valence-electron chi connectivity index (χ4n) is 3.05. The molecule has 0 heterocycles. The summed E-state index contributed by atoms with van der Waals surface area (Å²) in [7, 11) is 0. The van der Waals surface area contributed by atoms with Gasteiger partial charge in [-0.2, -0.15) is 0 Å². The number of aliphatic hydroxyl groups excluding tert-OH is 1. The van der Waals surface area contributed by atoms with E-state index in [1.165, 1.54) is 6.07 Å². The second kappa shape index (κ2) is 6.35. The Bertz CT molecular complexity index is 465. The van der Waals surface area contributed by atoms with Crippen LogP contribution in [0.2, 0.25) is 0 Å². The maximum absolute atomic E-state index is 14.1. The average Bonchev–Trinajstić information content (AvgIpc) is 2.95. The van der Waals surface area contributed by atoms with E-state index in [9.17, 15) is 14.3 Å². The molecule has 1 atom stereocenters. The van der Waals surface area contributed by atoms with Crippen molar-refractivity contribution in [3.63, 3.8) is 0 Å². The zero-order valence-corrected chi connectivity index (χ0v) is 11.9. The molecule has 1 aromatic carbocycles. The number of carbonyl (C=O) groups excluding carboxylic acids is 1. The number of rotatable bonds is 5. The van der Waals surface area contributed by atoms with Gasteiger partial charge in [0.2, 0.25) is 5.91 Å². The molecule has 1 aliphatic carbocycles. The quantitative estimate of drug-likeness (QED) is 0.870. The van der Waals surface area contributed by atoms with Crippen molar-refractivity contribution in [2.45, 2.75) is 50.5 Å². The van der Waals surface area contributed by atoms with E-state index >= 15 is 0 Å². The molecule has 0 aliphatic heterocycles. The largest absolute Gasteiger partial charge is 0.394 e. The van der Waals surface area contributed by atoms with Crippen molar-refractivity contribution in [2.75, 3.05) is 6.61 Å². The number of aliphatic hydroxyl groups is 1. The lowest BCUT2D eigenvalue weighted by Crippen LogP contribution is -2.48. The zero-order valence-electron chi connectivity index (χ0n) is 11.9. The van der Waals surface area contributed by atoms with E-state index in [0.717, 1.165) is 12.8 Å². The predicted octanol–water partition coefficient (Wildman–Crippen LogP) is 2.52. The minimum atomic E-state index is -0.770. The van der Waals surface area contributed by atoms with Crippen LogP contribution in [0.3, 0.4) is 0 Å². The second-order valence-corrected chi connectivity index (χ2v) is 5.53. The van der Waals surface area contributed by atoms with Crippen LogP contribution in [-0.4, -0.2) is 23.7 Å². The Kier molecular flexibility index (Phi) is 4.76. The fourth-order valence-corrected chi connectivity index (χ4v) is 3.05. The van der Waals surface area contributed by atoms with Crippen molar-refractivity contribution in [3.05, 3.63) is 35.6 Å². The molecular weight excluding hydrogens is 257 g/mol. The van der Waals surface area contributed by atoms with E-state index < -0.39 is 5.41 Å². The topological polar surface area (TPSA) is 49.3 Å². The summed E-state index contributed by atoms with van der Waals surface area (Å²) in [5.74, 6) is -0.470. The maximum atomic E-state index is 14.1. The first-order chi connectivity index (χ1) is 9.64. The summed E-state index contributed by atoms with van der Waals surface area (Å²) in [6, 6.07) is 6.27. The first kappa shape index (κ1) is 15.0. The van der Waals surface area contributed by atoms with Gasteiger partial charge in [-0.25, -0.2) is 4.39 Å². The van der Waals surface area contributed by atoms with Crippen LogP contribution in [0, 0.1) is 5.82 Å². The first-order valence-corrected chi connectivity index (χ1v) is 7.31. The SMILES string of the molecule is CCC(CO)NC(=O)C1(c2ccccc2F)CCCC1. The van der Waals surface area contributed by atoms with Crippen LogP contribution < -0.4 is 5.32 Å². The summed E-state index contributed by atoms with van der Waals surface area (Å²) in [5, 5.41) is 12.1. The molecule has 0 saturated heterocycles. The van der Waals surface area contributed by atoms with Gasteiger partial charge < -0.3 is 10.4 Å². The highest BCUT2D eigenvalue weighted by atomic mass is 19.1. The van der Waals surface area contributed by atoms with Crippen LogP contribution >= 0.6 is 0 Å². The van der Waals surface area contributed by atoms with E-state index in [2.05, 4.69) is 5.32 Å². The molecular formula is C16H22FNO2. The minimum Gasteiger partial charge on any atom is -0.394 e. The Morgan fingerprint density at radius 1 is 1.40 bits per heavy atom. The van der Waals surface area contributed by atoms with Crippen molar-refractivity contribution in [1.82, 2.24) is 5.32 Å². The third-order valence-corrected chi connectivity index (χ3v) is 4.33. The molecule has 1 aliphatic rings. The summed E-state index contributed by atoms with van der Waals surface area (Å²) < 4.78 is 14.1. The molecule has 1 fully saturated rings. The Labute approximate surface area is 119 Å². The van der Waals surface area contributed by atoms with E-state index in [0.29, 0.717) is 24.8 Å². The second-order valence-electron chi connectivity index (χ2n) is 5.53. The molecule has 1 amide bonds. The summed E-state index contributed by atoms with van der Waals surface area (Å²) in [6.45, 7) is 1.82. The predicted molar refractivity (Wildman–Crippen MR) is 75.9 cm³/mol. The Morgan fingerprint density at radius 2 is 2.05 bits per heavy atom. The number of hydrogen-bond donors (Lipinski definition) is 2. The molecule has 110 valence electrons. The van der Waals surface area contributed by atoms with Crippen LogP contribution in [0.4, 0.5) is 4.39 Å². The molecule has 1 saturated carbocycles. The summed E-state index contributed by atoms with van der Waals surface area (Å²) in [4.78, 5) is 12.7. The fraction of sp³-hybridized carbons (Fsp3) is 0.562. The molecule has 4 heteroatoms.